The molecule has 0 bridgehead atoms. The highest BCUT2D eigenvalue weighted by atomic mass is 19.4. The molecular formula is C15H14F6N2O3. The first kappa shape index (κ1) is 21.5. The minimum absolute atomic E-state index is 0.127. The Kier molecular flexibility index (Phi) is 6.39. The van der Waals surface area contributed by atoms with Crippen molar-refractivity contribution in [1.82, 2.24) is 5.32 Å². The lowest BCUT2D eigenvalue weighted by atomic mass is 10.0. The topological polar surface area (TPSA) is 89.3 Å². The minimum Gasteiger partial charge on any atom is -0.368 e. The van der Waals surface area contributed by atoms with Crippen LogP contribution in [-0.2, 0) is 21.9 Å². The number of carbonyl (C=O) groups is 3. The number of carbonyl (C=O) groups excluding carboxylic acids is 3. The van der Waals surface area contributed by atoms with Gasteiger partial charge in [0.1, 0.15) is 11.8 Å². The van der Waals surface area contributed by atoms with E-state index in [-0.39, 0.29) is 36.8 Å². The number of halogens is 6. The molecule has 0 heterocycles. The number of hydrogen-bond acceptors (Lipinski definition) is 3. The summed E-state index contributed by atoms with van der Waals surface area (Å²) >= 11 is 0. The fourth-order valence-electron chi connectivity index (χ4n) is 1.96. The SMILES string of the molecule is CC(=O)CC[C@@H](NC(=O)c1cc(C(F)(F)F)cc(C(F)(F)F)c1)C(N)=O. The molecular weight excluding hydrogens is 370 g/mol. The summed E-state index contributed by atoms with van der Waals surface area (Å²) in [5.41, 5.74) is 0.740. The first-order valence-electron chi connectivity index (χ1n) is 7.11. The van der Waals surface area contributed by atoms with Crippen LogP contribution in [0.15, 0.2) is 18.2 Å². The molecule has 0 unspecified atom stereocenters. The van der Waals surface area contributed by atoms with E-state index in [9.17, 15) is 40.7 Å². The number of Topliss-reactive ketones (excluding diaryl/α,β-unsaturated/α-hetero) is 1. The number of benzene rings is 1. The van der Waals surface area contributed by atoms with E-state index in [0.29, 0.717) is 0 Å². The van der Waals surface area contributed by atoms with Gasteiger partial charge in [0.05, 0.1) is 11.1 Å². The van der Waals surface area contributed by atoms with Crippen LogP contribution >= 0.6 is 0 Å². The number of rotatable bonds is 6. The van der Waals surface area contributed by atoms with E-state index in [1.165, 1.54) is 6.92 Å². The summed E-state index contributed by atoms with van der Waals surface area (Å²) in [5.74, 6) is -2.78. The number of amides is 2. The molecule has 3 N–H and O–H groups in total. The third-order valence-electron chi connectivity index (χ3n) is 3.28. The Balaban J connectivity index is 3.21. The maximum Gasteiger partial charge on any atom is 0.416 e. The molecule has 144 valence electrons. The third kappa shape index (κ3) is 6.05. The Labute approximate surface area is 143 Å². The van der Waals surface area contributed by atoms with Gasteiger partial charge in [-0.25, -0.2) is 0 Å². The average molecular weight is 384 g/mol. The van der Waals surface area contributed by atoms with Crippen LogP contribution in [0.5, 0.6) is 0 Å². The molecule has 11 heteroatoms. The Hall–Kier alpha value is -2.59. The van der Waals surface area contributed by atoms with Gasteiger partial charge in [-0.3, -0.25) is 9.59 Å². The molecule has 0 saturated heterocycles. The van der Waals surface area contributed by atoms with Crippen molar-refractivity contribution < 1.29 is 40.7 Å². The molecule has 1 aromatic carbocycles. The second kappa shape index (κ2) is 7.75. The van der Waals surface area contributed by atoms with Crippen molar-refractivity contribution in [3.05, 3.63) is 34.9 Å². The lowest BCUT2D eigenvalue weighted by Crippen LogP contribution is -2.44. The molecule has 0 aliphatic heterocycles. The van der Waals surface area contributed by atoms with E-state index in [4.69, 9.17) is 5.73 Å². The largest absolute Gasteiger partial charge is 0.416 e. The highest BCUT2D eigenvalue weighted by Crippen LogP contribution is 2.36. The fourth-order valence-corrected chi connectivity index (χ4v) is 1.96. The van der Waals surface area contributed by atoms with Crippen molar-refractivity contribution in [2.75, 3.05) is 0 Å². The van der Waals surface area contributed by atoms with E-state index in [0.717, 1.165) is 0 Å². The van der Waals surface area contributed by atoms with Gasteiger partial charge in [-0.15, -0.1) is 0 Å². The lowest BCUT2D eigenvalue weighted by Gasteiger charge is -2.17. The molecule has 0 aliphatic rings. The third-order valence-corrected chi connectivity index (χ3v) is 3.28. The van der Waals surface area contributed by atoms with Gasteiger partial charge in [-0.2, -0.15) is 26.3 Å². The van der Waals surface area contributed by atoms with Crippen molar-refractivity contribution in [2.24, 2.45) is 5.73 Å². The highest BCUT2D eigenvalue weighted by Gasteiger charge is 2.37. The number of primary amides is 1. The second-order valence-electron chi connectivity index (χ2n) is 5.46. The van der Waals surface area contributed by atoms with Crippen molar-refractivity contribution in [1.29, 1.82) is 0 Å². The number of hydrogen-bond donors (Lipinski definition) is 2. The molecule has 0 aliphatic carbocycles. The molecule has 1 aromatic rings. The summed E-state index contributed by atoms with van der Waals surface area (Å²) in [6, 6.07) is -1.09. The zero-order valence-corrected chi connectivity index (χ0v) is 13.3. The normalized spacial score (nSPS) is 13.2. The van der Waals surface area contributed by atoms with Gasteiger partial charge in [0.2, 0.25) is 5.91 Å². The molecule has 0 aromatic heterocycles. The Morgan fingerprint density at radius 1 is 1.00 bits per heavy atom. The number of nitrogens with two attached hydrogens (primary N) is 1. The first-order valence-corrected chi connectivity index (χ1v) is 7.11. The Morgan fingerprint density at radius 3 is 1.81 bits per heavy atom. The summed E-state index contributed by atoms with van der Waals surface area (Å²) in [6.07, 6.45) is -10.6. The van der Waals surface area contributed by atoms with Gasteiger partial charge in [0.25, 0.3) is 5.91 Å². The van der Waals surface area contributed by atoms with Crippen LogP contribution in [0, 0.1) is 0 Å². The zero-order valence-electron chi connectivity index (χ0n) is 13.3. The second-order valence-corrected chi connectivity index (χ2v) is 5.46. The summed E-state index contributed by atoms with van der Waals surface area (Å²) in [7, 11) is 0. The van der Waals surface area contributed by atoms with Crippen LogP contribution in [0.1, 0.15) is 41.3 Å². The van der Waals surface area contributed by atoms with Crippen LogP contribution in [0.25, 0.3) is 0 Å². The van der Waals surface area contributed by atoms with Gasteiger partial charge in [-0.05, 0) is 31.5 Å². The molecule has 5 nitrogen and oxygen atoms in total. The molecule has 0 fully saturated rings. The van der Waals surface area contributed by atoms with Crippen LogP contribution in [-0.4, -0.2) is 23.6 Å². The van der Waals surface area contributed by atoms with Crippen molar-refractivity contribution >= 4 is 17.6 Å². The van der Waals surface area contributed by atoms with Crippen molar-refractivity contribution in [3.8, 4) is 0 Å². The molecule has 2 amide bonds. The molecule has 26 heavy (non-hydrogen) atoms. The monoisotopic (exact) mass is 384 g/mol. The van der Waals surface area contributed by atoms with Gasteiger partial charge in [0, 0.05) is 12.0 Å². The smallest absolute Gasteiger partial charge is 0.368 e. The maximum absolute atomic E-state index is 12.8. The molecule has 0 radical (unpaired) electrons. The Morgan fingerprint density at radius 2 is 1.46 bits per heavy atom. The highest BCUT2D eigenvalue weighted by molar-refractivity contribution is 5.97. The van der Waals surface area contributed by atoms with E-state index in [1.54, 1.807) is 0 Å². The van der Waals surface area contributed by atoms with Crippen LogP contribution in [0.4, 0.5) is 26.3 Å². The Bertz CT molecular complexity index is 680. The maximum atomic E-state index is 12.8. The number of ketones is 1. The molecule has 1 atom stereocenters. The number of alkyl halides is 6. The summed E-state index contributed by atoms with van der Waals surface area (Å²) in [5, 5.41) is 1.95. The lowest BCUT2D eigenvalue weighted by molar-refractivity contribution is -0.143. The zero-order chi connectivity index (χ0) is 20.3. The first-order chi connectivity index (χ1) is 11.7. The van der Waals surface area contributed by atoms with Crippen LogP contribution < -0.4 is 11.1 Å². The predicted octanol–water partition coefficient (Wildman–Crippen LogP) is 2.68. The summed E-state index contributed by atoms with van der Waals surface area (Å²) in [6.45, 7) is 1.20. The molecule has 0 saturated carbocycles. The summed E-state index contributed by atoms with van der Waals surface area (Å²) < 4.78 is 76.7. The van der Waals surface area contributed by atoms with Gasteiger partial charge in [0.15, 0.2) is 0 Å². The van der Waals surface area contributed by atoms with E-state index >= 15 is 0 Å². The van der Waals surface area contributed by atoms with E-state index < -0.39 is 46.9 Å². The quantitative estimate of drug-likeness (QED) is 0.739. The minimum atomic E-state index is -5.12. The van der Waals surface area contributed by atoms with Crippen molar-refractivity contribution in [2.45, 2.75) is 38.2 Å². The van der Waals surface area contributed by atoms with Crippen LogP contribution in [0.3, 0.4) is 0 Å². The standard InChI is InChI=1S/C15H14F6N2O3/c1-7(24)2-3-11(12(22)25)23-13(26)8-4-9(14(16,17)18)6-10(5-8)15(19,20)21/h4-6,11H,2-3H2,1H3,(H2,22,25)(H,23,26)/t11-/m1/s1. The van der Waals surface area contributed by atoms with Gasteiger partial charge in [-0.1, -0.05) is 0 Å². The van der Waals surface area contributed by atoms with Gasteiger partial charge < -0.3 is 15.8 Å². The van der Waals surface area contributed by atoms with Gasteiger partial charge >= 0.3 is 12.4 Å². The van der Waals surface area contributed by atoms with Crippen LogP contribution in [0.2, 0.25) is 0 Å². The van der Waals surface area contributed by atoms with E-state index in [2.05, 4.69) is 0 Å². The molecule has 1 rings (SSSR count). The predicted molar refractivity (Wildman–Crippen MR) is 76.8 cm³/mol. The molecule has 0 spiro atoms. The summed E-state index contributed by atoms with van der Waals surface area (Å²) in [4.78, 5) is 34.2. The van der Waals surface area contributed by atoms with Crippen molar-refractivity contribution in [3.63, 3.8) is 0 Å². The number of nitrogens with one attached hydrogen (secondary N) is 1. The van der Waals surface area contributed by atoms with E-state index in [1.807, 2.05) is 5.32 Å². The fraction of sp³-hybridized carbons (Fsp3) is 0.400. The average Bonchev–Trinajstić information content (AvgIpc) is 2.48.